The Morgan fingerprint density at radius 3 is 2.85 bits per heavy atom. The van der Waals surface area contributed by atoms with E-state index in [1.165, 1.54) is 12.8 Å². The summed E-state index contributed by atoms with van der Waals surface area (Å²) >= 11 is 0. The molecule has 3 heteroatoms. The van der Waals surface area contributed by atoms with Gasteiger partial charge in [-0.05, 0) is 25.3 Å². The Hall–Kier alpha value is -0.830. The average Bonchev–Trinajstić information content (AvgIpc) is 2.52. The monoisotopic (exact) mass is 182 g/mol. The van der Waals surface area contributed by atoms with Gasteiger partial charge < -0.3 is 5.11 Å². The molecule has 0 fully saturated rings. The van der Waals surface area contributed by atoms with Crippen LogP contribution in [-0.2, 0) is 0 Å². The first-order valence-electron chi connectivity index (χ1n) is 4.93. The molecule has 1 N–H and O–H groups in total. The Kier molecular flexibility index (Phi) is 3.96. The van der Waals surface area contributed by atoms with Gasteiger partial charge in [0.1, 0.15) is 6.23 Å². The quantitative estimate of drug-likeness (QED) is 0.709. The van der Waals surface area contributed by atoms with Crippen molar-refractivity contribution >= 4 is 0 Å². The highest BCUT2D eigenvalue weighted by atomic mass is 16.3. The van der Waals surface area contributed by atoms with Crippen molar-refractivity contribution in [1.29, 1.82) is 0 Å². The van der Waals surface area contributed by atoms with Gasteiger partial charge in [-0.3, -0.25) is 0 Å². The predicted molar refractivity (Wildman–Crippen MR) is 52.4 cm³/mol. The Morgan fingerprint density at radius 2 is 2.31 bits per heavy atom. The number of aliphatic hydroxyl groups excluding tert-OH is 1. The Balaban J connectivity index is 2.35. The molecule has 0 spiro atoms. The van der Waals surface area contributed by atoms with Crippen LogP contribution < -0.4 is 0 Å². The molecular formula is C10H18N2O. The molecule has 3 nitrogen and oxygen atoms in total. The minimum Gasteiger partial charge on any atom is -0.372 e. The van der Waals surface area contributed by atoms with Crippen molar-refractivity contribution < 1.29 is 5.11 Å². The fourth-order valence-corrected chi connectivity index (χ4v) is 1.31. The number of rotatable bonds is 5. The molecule has 0 radical (unpaired) electrons. The number of hydrogen-bond acceptors (Lipinski definition) is 2. The van der Waals surface area contributed by atoms with E-state index >= 15 is 0 Å². The maximum atomic E-state index is 9.66. The van der Waals surface area contributed by atoms with E-state index in [-0.39, 0.29) is 0 Å². The maximum Gasteiger partial charge on any atom is 0.146 e. The summed E-state index contributed by atoms with van der Waals surface area (Å²) < 4.78 is 1.63. The van der Waals surface area contributed by atoms with Gasteiger partial charge in [-0.2, -0.15) is 5.10 Å². The molecule has 1 atom stereocenters. The number of aryl methyl sites for hydroxylation is 1. The standard InChI is InChI=1S/C10H18N2O/c1-3-4-5-6-10(13)12-8-9(2)7-11-12/h7-8,10,13H,3-6H2,1-2H3. The minimum absolute atomic E-state index is 0.444. The summed E-state index contributed by atoms with van der Waals surface area (Å²) in [6.45, 7) is 4.13. The molecule has 1 unspecified atom stereocenters. The van der Waals surface area contributed by atoms with E-state index < -0.39 is 6.23 Å². The largest absolute Gasteiger partial charge is 0.372 e. The van der Waals surface area contributed by atoms with Gasteiger partial charge in [0.15, 0.2) is 0 Å². The highest BCUT2D eigenvalue weighted by Gasteiger charge is 2.05. The van der Waals surface area contributed by atoms with Crippen molar-refractivity contribution in [2.45, 2.75) is 45.8 Å². The third-order valence-electron chi connectivity index (χ3n) is 2.10. The molecule has 1 heterocycles. The van der Waals surface area contributed by atoms with Gasteiger partial charge in [0.25, 0.3) is 0 Å². The molecule has 0 aromatic carbocycles. The zero-order valence-electron chi connectivity index (χ0n) is 8.40. The van der Waals surface area contributed by atoms with Gasteiger partial charge in [-0.1, -0.05) is 19.8 Å². The fraction of sp³-hybridized carbons (Fsp3) is 0.700. The van der Waals surface area contributed by atoms with Crippen LogP contribution in [0.2, 0.25) is 0 Å². The van der Waals surface area contributed by atoms with Crippen LogP contribution in [0.4, 0.5) is 0 Å². The number of unbranched alkanes of at least 4 members (excludes halogenated alkanes) is 2. The van der Waals surface area contributed by atoms with Gasteiger partial charge in [0.2, 0.25) is 0 Å². The third kappa shape index (κ3) is 3.19. The van der Waals surface area contributed by atoms with Gasteiger partial charge in [-0.15, -0.1) is 0 Å². The molecule has 13 heavy (non-hydrogen) atoms. The molecule has 0 aliphatic heterocycles. The lowest BCUT2D eigenvalue weighted by Crippen LogP contribution is -2.08. The van der Waals surface area contributed by atoms with E-state index in [9.17, 15) is 5.11 Å². The normalized spacial score (nSPS) is 13.2. The van der Waals surface area contributed by atoms with Crippen LogP contribution >= 0.6 is 0 Å². The molecule has 1 rings (SSSR count). The van der Waals surface area contributed by atoms with Crippen molar-refractivity contribution in [3.05, 3.63) is 18.0 Å². The van der Waals surface area contributed by atoms with Crippen LogP contribution in [-0.4, -0.2) is 14.9 Å². The predicted octanol–water partition coefficient (Wildman–Crippen LogP) is 2.26. The van der Waals surface area contributed by atoms with Gasteiger partial charge in [0, 0.05) is 6.20 Å². The second kappa shape index (κ2) is 5.02. The highest BCUT2D eigenvalue weighted by molar-refractivity contribution is 4.99. The first kappa shape index (κ1) is 10.3. The van der Waals surface area contributed by atoms with Crippen LogP contribution in [0.15, 0.2) is 12.4 Å². The first-order chi connectivity index (χ1) is 6.24. The molecule has 74 valence electrons. The molecular weight excluding hydrogens is 164 g/mol. The van der Waals surface area contributed by atoms with Crippen molar-refractivity contribution in [1.82, 2.24) is 9.78 Å². The lowest BCUT2D eigenvalue weighted by atomic mass is 10.2. The Bertz CT molecular complexity index is 245. The maximum absolute atomic E-state index is 9.66. The summed E-state index contributed by atoms with van der Waals surface area (Å²) in [6, 6.07) is 0. The molecule has 0 bridgehead atoms. The summed E-state index contributed by atoms with van der Waals surface area (Å²) in [5, 5.41) is 13.7. The van der Waals surface area contributed by atoms with E-state index in [0.29, 0.717) is 0 Å². The lowest BCUT2D eigenvalue weighted by Gasteiger charge is -2.09. The van der Waals surface area contributed by atoms with Gasteiger partial charge in [0.05, 0.1) is 6.20 Å². The molecule has 0 saturated carbocycles. The highest BCUT2D eigenvalue weighted by Crippen LogP contribution is 2.12. The SMILES string of the molecule is CCCCCC(O)n1cc(C)cn1. The molecule has 0 amide bonds. The molecule has 1 aromatic rings. The number of aliphatic hydroxyl groups is 1. The molecule has 0 aliphatic rings. The Morgan fingerprint density at radius 1 is 1.54 bits per heavy atom. The second-order valence-corrected chi connectivity index (χ2v) is 3.47. The van der Waals surface area contributed by atoms with E-state index in [4.69, 9.17) is 0 Å². The van der Waals surface area contributed by atoms with Crippen LogP contribution in [0, 0.1) is 6.92 Å². The minimum atomic E-state index is -0.444. The number of hydrogen-bond donors (Lipinski definition) is 1. The van der Waals surface area contributed by atoms with Crippen molar-refractivity contribution in [3.8, 4) is 0 Å². The molecule has 0 aliphatic carbocycles. The summed E-state index contributed by atoms with van der Waals surface area (Å²) in [7, 11) is 0. The summed E-state index contributed by atoms with van der Waals surface area (Å²) in [5.74, 6) is 0. The smallest absolute Gasteiger partial charge is 0.146 e. The molecule has 1 aromatic heterocycles. The Labute approximate surface area is 79.4 Å². The van der Waals surface area contributed by atoms with Crippen LogP contribution in [0.1, 0.15) is 44.4 Å². The first-order valence-corrected chi connectivity index (χ1v) is 4.93. The van der Waals surface area contributed by atoms with E-state index in [0.717, 1.165) is 18.4 Å². The van der Waals surface area contributed by atoms with Crippen molar-refractivity contribution in [2.75, 3.05) is 0 Å². The van der Waals surface area contributed by atoms with E-state index in [1.54, 1.807) is 10.9 Å². The summed E-state index contributed by atoms with van der Waals surface area (Å²) in [5.41, 5.74) is 1.09. The van der Waals surface area contributed by atoms with Crippen molar-refractivity contribution in [2.24, 2.45) is 0 Å². The number of nitrogens with zero attached hydrogens (tertiary/aromatic N) is 2. The average molecular weight is 182 g/mol. The van der Waals surface area contributed by atoms with E-state index in [2.05, 4.69) is 12.0 Å². The number of aromatic nitrogens is 2. The van der Waals surface area contributed by atoms with Gasteiger partial charge >= 0.3 is 0 Å². The van der Waals surface area contributed by atoms with Crippen LogP contribution in [0.25, 0.3) is 0 Å². The van der Waals surface area contributed by atoms with Crippen molar-refractivity contribution in [3.63, 3.8) is 0 Å². The van der Waals surface area contributed by atoms with Crippen LogP contribution in [0.3, 0.4) is 0 Å². The van der Waals surface area contributed by atoms with Gasteiger partial charge in [-0.25, -0.2) is 4.68 Å². The van der Waals surface area contributed by atoms with E-state index in [1.807, 2.05) is 13.1 Å². The molecule has 0 saturated heterocycles. The zero-order chi connectivity index (χ0) is 9.68. The second-order valence-electron chi connectivity index (χ2n) is 3.47. The summed E-state index contributed by atoms with van der Waals surface area (Å²) in [4.78, 5) is 0. The zero-order valence-corrected chi connectivity index (χ0v) is 8.40. The fourth-order valence-electron chi connectivity index (χ4n) is 1.31. The lowest BCUT2D eigenvalue weighted by molar-refractivity contribution is 0.0786. The van der Waals surface area contributed by atoms with Crippen LogP contribution in [0.5, 0.6) is 0 Å². The summed E-state index contributed by atoms with van der Waals surface area (Å²) in [6.07, 6.45) is 7.42. The topological polar surface area (TPSA) is 38.0 Å². The third-order valence-corrected chi connectivity index (χ3v) is 2.10.